The molecule has 0 fully saturated rings. The summed E-state index contributed by atoms with van der Waals surface area (Å²) in [5.74, 6) is 0.133. The van der Waals surface area contributed by atoms with Crippen LogP contribution in [0.25, 0.3) is 0 Å². The Morgan fingerprint density at radius 3 is 3.06 bits per heavy atom. The second kappa shape index (κ2) is 5.90. The molecule has 5 nitrogen and oxygen atoms in total. The van der Waals surface area contributed by atoms with Gasteiger partial charge in [-0.2, -0.15) is 0 Å². The zero-order valence-electron chi connectivity index (χ0n) is 9.51. The van der Waals surface area contributed by atoms with Crippen molar-refractivity contribution in [2.45, 2.75) is 6.61 Å². The lowest BCUT2D eigenvalue weighted by Gasteiger charge is -2.01. The number of carbonyl (C=O) groups is 1. The van der Waals surface area contributed by atoms with Crippen molar-refractivity contribution in [1.82, 2.24) is 9.97 Å². The van der Waals surface area contributed by atoms with E-state index in [0.717, 1.165) is 5.01 Å². The molecule has 0 radical (unpaired) electrons. The van der Waals surface area contributed by atoms with Crippen LogP contribution in [0.4, 0.5) is 5.82 Å². The van der Waals surface area contributed by atoms with Crippen LogP contribution in [0.1, 0.15) is 15.5 Å². The van der Waals surface area contributed by atoms with Crippen LogP contribution >= 0.6 is 22.9 Å². The third-order valence-corrected chi connectivity index (χ3v) is 3.07. The van der Waals surface area contributed by atoms with E-state index in [-0.39, 0.29) is 5.91 Å². The van der Waals surface area contributed by atoms with E-state index in [2.05, 4.69) is 15.3 Å². The Bertz CT molecular complexity index is 541. The summed E-state index contributed by atoms with van der Waals surface area (Å²) in [6.07, 6.45) is 1.47. The van der Waals surface area contributed by atoms with Gasteiger partial charge in [0.25, 0.3) is 5.91 Å². The number of methoxy groups -OCH3 is 1. The van der Waals surface area contributed by atoms with Crippen molar-refractivity contribution in [2.75, 3.05) is 12.4 Å². The number of ether oxygens (including phenoxy) is 1. The molecule has 0 unspecified atom stereocenters. The Labute approximate surface area is 113 Å². The van der Waals surface area contributed by atoms with E-state index in [0.29, 0.717) is 23.1 Å². The molecule has 1 amide bonds. The molecule has 2 rings (SSSR count). The first kappa shape index (κ1) is 12.9. The molecule has 94 valence electrons. The summed E-state index contributed by atoms with van der Waals surface area (Å²) in [6.45, 7) is 0.400. The number of hydrogen-bond donors (Lipinski definition) is 1. The highest BCUT2D eigenvalue weighted by molar-refractivity contribution is 7.09. The van der Waals surface area contributed by atoms with Gasteiger partial charge in [-0.05, 0) is 12.1 Å². The molecule has 2 aromatic heterocycles. The number of thiazole rings is 1. The minimum Gasteiger partial charge on any atom is -0.378 e. The minimum absolute atomic E-state index is 0.302. The molecule has 2 heterocycles. The van der Waals surface area contributed by atoms with Crippen molar-refractivity contribution in [1.29, 1.82) is 0 Å². The van der Waals surface area contributed by atoms with E-state index in [9.17, 15) is 4.79 Å². The molecule has 0 aliphatic carbocycles. The van der Waals surface area contributed by atoms with Crippen molar-refractivity contribution in [3.63, 3.8) is 0 Å². The van der Waals surface area contributed by atoms with Crippen molar-refractivity contribution >= 4 is 34.7 Å². The summed E-state index contributed by atoms with van der Waals surface area (Å²) in [5, 5.41) is 5.59. The number of hydrogen-bond acceptors (Lipinski definition) is 5. The first-order valence-electron chi connectivity index (χ1n) is 5.05. The molecule has 0 aliphatic heterocycles. The van der Waals surface area contributed by atoms with Crippen LogP contribution in [0.15, 0.2) is 23.7 Å². The molecular weight excluding hydrogens is 274 g/mol. The van der Waals surface area contributed by atoms with Gasteiger partial charge >= 0.3 is 0 Å². The monoisotopic (exact) mass is 283 g/mol. The summed E-state index contributed by atoms with van der Waals surface area (Å²) in [7, 11) is 1.58. The van der Waals surface area contributed by atoms with Crippen molar-refractivity contribution in [3.05, 3.63) is 39.4 Å². The highest BCUT2D eigenvalue weighted by Crippen LogP contribution is 2.13. The number of halogens is 1. The molecule has 0 aliphatic rings. The number of amides is 1. The number of carbonyl (C=O) groups excluding carboxylic acids is 1. The van der Waals surface area contributed by atoms with Crippen LogP contribution in [0, 0.1) is 0 Å². The second-order valence-electron chi connectivity index (χ2n) is 3.38. The van der Waals surface area contributed by atoms with Gasteiger partial charge < -0.3 is 10.1 Å². The highest BCUT2D eigenvalue weighted by Gasteiger charge is 2.11. The van der Waals surface area contributed by atoms with Crippen LogP contribution in [-0.2, 0) is 11.3 Å². The fourth-order valence-corrected chi connectivity index (χ4v) is 2.09. The number of anilines is 1. The van der Waals surface area contributed by atoms with Crippen molar-refractivity contribution in [2.24, 2.45) is 0 Å². The highest BCUT2D eigenvalue weighted by atomic mass is 35.5. The van der Waals surface area contributed by atoms with E-state index in [1.807, 2.05) is 0 Å². The van der Waals surface area contributed by atoms with Gasteiger partial charge in [0.15, 0.2) is 0 Å². The van der Waals surface area contributed by atoms with E-state index < -0.39 is 0 Å². The Kier molecular flexibility index (Phi) is 4.24. The summed E-state index contributed by atoms with van der Waals surface area (Å²) in [5.41, 5.74) is 0.351. The van der Waals surface area contributed by atoms with Gasteiger partial charge in [-0.25, -0.2) is 9.97 Å². The third kappa shape index (κ3) is 3.25. The topological polar surface area (TPSA) is 64.1 Å². The first-order chi connectivity index (χ1) is 8.69. The number of nitrogens with zero attached hydrogens (tertiary/aromatic N) is 2. The molecule has 7 heteroatoms. The predicted molar refractivity (Wildman–Crippen MR) is 70.0 cm³/mol. The Morgan fingerprint density at radius 2 is 2.39 bits per heavy atom. The van der Waals surface area contributed by atoms with Gasteiger partial charge in [-0.1, -0.05) is 11.6 Å². The Balaban J connectivity index is 2.04. The average Bonchev–Trinajstić information content (AvgIpc) is 2.81. The maximum Gasteiger partial charge on any atom is 0.276 e. The Morgan fingerprint density at radius 1 is 1.56 bits per heavy atom. The maximum absolute atomic E-state index is 11.8. The van der Waals surface area contributed by atoms with E-state index in [1.54, 1.807) is 24.6 Å². The SMILES string of the molecule is COCc1nc(C(=O)Nc2ccc(Cl)cn2)cs1. The zero-order chi connectivity index (χ0) is 13.0. The molecule has 0 saturated heterocycles. The van der Waals surface area contributed by atoms with Crippen LogP contribution in [0.3, 0.4) is 0 Å². The van der Waals surface area contributed by atoms with Gasteiger partial charge in [0, 0.05) is 18.7 Å². The number of pyridine rings is 1. The first-order valence-corrected chi connectivity index (χ1v) is 6.31. The lowest BCUT2D eigenvalue weighted by Crippen LogP contribution is -2.13. The third-order valence-electron chi connectivity index (χ3n) is 2.02. The minimum atomic E-state index is -0.302. The molecule has 18 heavy (non-hydrogen) atoms. The fraction of sp³-hybridized carbons (Fsp3) is 0.182. The zero-order valence-corrected chi connectivity index (χ0v) is 11.1. The summed E-state index contributed by atoms with van der Waals surface area (Å²) in [6, 6.07) is 3.28. The van der Waals surface area contributed by atoms with Crippen LogP contribution in [0.5, 0.6) is 0 Å². The quantitative estimate of drug-likeness (QED) is 0.937. The molecule has 0 spiro atoms. The number of aromatic nitrogens is 2. The van der Waals surface area contributed by atoms with Gasteiger partial charge in [0.2, 0.25) is 0 Å². The van der Waals surface area contributed by atoms with E-state index >= 15 is 0 Å². The lowest BCUT2D eigenvalue weighted by atomic mass is 10.4. The Hall–Kier alpha value is -1.50. The molecule has 0 aromatic carbocycles. The average molecular weight is 284 g/mol. The summed E-state index contributed by atoms with van der Waals surface area (Å²) >= 11 is 7.08. The van der Waals surface area contributed by atoms with Crippen molar-refractivity contribution in [3.8, 4) is 0 Å². The van der Waals surface area contributed by atoms with Crippen LogP contribution < -0.4 is 5.32 Å². The van der Waals surface area contributed by atoms with Crippen molar-refractivity contribution < 1.29 is 9.53 Å². The molecular formula is C11H10ClN3O2S. The maximum atomic E-state index is 11.8. The van der Waals surface area contributed by atoms with E-state index in [1.165, 1.54) is 17.5 Å². The lowest BCUT2D eigenvalue weighted by molar-refractivity contribution is 0.102. The fourth-order valence-electron chi connectivity index (χ4n) is 1.24. The largest absolute Gasteiger partial charge is 0.378 e. The second-order valence-corrected chi connectivity index (χ2v) is 4.75. The molecule has 2 aromatic rings. The normalized spacial score (nSPS) is 10.3. The van der Waals surface area contributed by atoms with Gasteiger partial charge in [0.1, 0.15) is 16.5 Å². The summed E-state index contributed by atoms with van der Waals surface area (Å²) in [4.78, 5) is 20.0. The molecule has 0 bridgehead atoms. The van der Waals surface area contributed by atoms with Crippen LogP contribution in [-0.4, -0.2) is 23.0 Å². The van der Waals surface area contributed by atoms with E-state index in [4.69, 9.17) is 16.3 Å². The summed E-state index contributed by atoms with van der Waals surface area (Å²) < 4.78 is 4.94. The molecule has 0 saturated carbocycles. The predicted octanol–water partition coefficient (Wildman–Crippen LogP) is 2.59. The van der Waals surface area contributed by atoms with Gasteiger partial charge in [0.05, 0.1) is 11.6 Å². The van der Waals surface area contributed by atoms with Crippen LogP contribution in [0.2, 0.25) is 5.02 Å². The number of nitrogens with one attached hydrogen (secondary N) is 1. The molecule has 0 atom stereocenters. The number of rotatable bonds is 4. The molecule has 1 N–H and O–H groups in total. The van der Waals surface area contributed by atoms with Gasteiger partial charge in [-0.15, -0.1) is 11.3 Å². The smallest absolute Gasteiger partial charge is 0.276 e. The van der Waals surface area contributed by atoms with Gasteiger partial charge in [-0.3, -0.25) is 4.79 Å². The standard InChI is InChI=1S/C11H10ClN3O2S/c1-17-5-10-14-8(6-18-10)11(16)15-9-3-2-7(12)4-13-9/h2-4,6H,5H2,1H3,(H,13,15,16).